The number of carbonyl (C=O) groups is 1. The summed E-state index contributed by atoms with van der Waals surface area (Å²) in [6.07, 6.45) is 0. The number of rotatable bonds is 6. The van der Waals surface area contributed by atoms with Gasteiger partial charge < -0.3 is 14.5 Å². The lowest BCUT2D eigenvalue weighted by Crippen LogP contribution is -2.32. The van der Waals surface area contributed by atoms with E-state index in [0.29, 0.717) is 25.6 Å². The largest absolute Gasteiger partial charge is 0.465 e. The van der Waals surface area contributed by atoms with Crippen LogP contribution in [0.4, 0.5) is 4.39 Å². The van der Waals surface area contributed by atoms with Crippen LogP contribution < -0.4 is 20.9 Å². The van der Waals surface area contributed by atoms with E-state index in [1.54, 1.807) is 24.3 Å². The molecule has 3 rings (SSSR count). The van der Waals surface area contributed by atoms with Crippen molar-refractivity contribution in [2.75, 3.05) is 19.7 Å². The molecule has 0 spiro atoms. The second-order valence-corrected chi connectivity index (χ2v) is 5.58. The third-order valence-electron chi connectivity index (χ3n) is 3.94. The van der Waals surface area contributed by atoms with Gasteiger partial charge in [0.2, 0.25) is 0 Å². The Morgan fingerprint density at radius 3 is 2.88 bits per heavy atom. The molecular weight excluding hydrogens is 313 g/mol. The molecule has 1 aromatic heterocycles. The van der Waals surface area contributed by atoms with Crippen molar-refractivity contribution in [2.24, 2.45) is 5.92 Å². The summed E-state index contributed by atoms with van der Waals surface area (Å²) in [5.41, 5.74) is 7.21. The van der Waals surface area contributed by atoms with Crippen LogP contribution >= 0.6 is 0 Å². The maximum absolute atomic E-state index is 13.1. The zero-order chi connectivity index (χ0) is 16.9. The smallest absolute Gasteiger partial charge is 0.287 e. The first-order chi connectivity index (χ1) is 11.7. The van der Waals surface area contributed by atoms with Crippen LogP contribution in [0.3, 0.4) is 0 Å². The van der Waals surface area contributed by atoms with Gasteiger partial charge in [-0.1, -0.05) is 12.1 Å². The normalized spacial score (nSPS) is 20.1. The molecular formula is C17H20FN3O3. The monoisotopic (exact) mass is 333 g/mol. The Hall–Kier alpha value is -2.38. The molecule has 1 aromatic carbocycles. The first-order valence-corrected chi connectivity index (χ1v) is 7.92. The molecule has 6 nitrogen and oxygen atoms in total. The lowest BCUT2D eigenvalue weighted by molar-refractivity contribution is 0.0910. The van der Waals surface area contributed by atoms with Crippen molar-refractivity contribution >= 4 is 5.91 Å². The second kappa shape index (κ2) is 7.46. The Kier molecular flexibility index (Phi) is 5.12. The summed E-state index contributed by atoms with van der Waals surface area (Å²) in [4.78, 5) is 12.2. The summed E-state index contributed by atoms with van der Waals surface area (Å²) < 4.78 is 23.6. The van der Waals surface area contributed by atoms with Gasteiger partial charge >= 0.3 is 0 Å². The molecule has 0 radical (unpaired) electrons. The molecule has 1 saturated heterocycles. The minimum Gasteiger partial charge on any atom is -0.465 e. The average molecular weight is 333 g/mol. The van der Waals surface area contributed by atoms with Crippen molar-refractivity contribution in [3.8, 4) is 5.95 Å². The minimum atomic E-state index is -0.286. The van der Waals surface area contributed by atoms with Gasteiger partial charge in [0.1, 0.15) is 5.82 Å². The third-order valence-corrected chi connectivity index (χ3v) is 3.94. The average Bonchev–Trinajstić information content (AvgIpc) is 3.23. The summed E-state index contributed by atoms with van der Waals surface area (Å²) in [7, 11) is 0. The predicted molar refractivity (Wildman–Crippen MR) is 86.0 cm³/mol. The number of hydrazine groups is 1. The Morgan fingerprint density at radius 2 is 2.12 bits per heavy atom. The third kappa shape index (κ3) is 3.74. The van der Waals surface area contributed by atoms with Crippen LogP contribution in [0.25, 0.3) is 0 Å². The second-order valence-electron chi connectivity index (χ2n) is 5.58. The molecule has 7 heteroatoms. The van der Waals surface area contributed by atoms with Crippen LogP contribution in [0.2, 0.25) is 0 Å². The molecule has 1 aliphatic rings. The SMILES string of the molecule is CCOc1ccc(C(=O)NCC2CNNC2c2ccc(F)cc2)o1. The topological polar surface area (TPSA) is 75.5 Å². The molecule has 2 atom stereocenters. The molecule has 128 valence electrons. The fourth-order valence-electron chi connectivity index (χ4n) is 2.72. The van der Waals surface area contributed by atoms with Gasteiger partial charge in [-0.2, -0.15) is 0 Å². The quantitative estimate of drug-likeness (QED) is 0.754. The number of amides is 1. The van der Waals surface area contributed by atoms with Crippen molar-refractivity contribution < 1.29 is 18.3 Å². The van der Waals surface area contributed by atoms with Crippen LogP contribution in [0.5, 0.6) is 5.95 Å². The van der Waals surface area contributed by atoms with E-state index in [2.05, 4.69) is 16.2 Å². The lowest BCUT2D eigenvalue weighted by Gasteiger charge is -2.19. The van der Waals surface area contributed by atoms with Gasteiger partial charge in [-0.25, -0.2) is 9.82 Å². The van der Waals surface area contributed by atoms with E-state index in [1.807, 2.05) is 6.92 Å². The highest BCUT2D eigenvalue weighted by atomic mass is 19.1. The van der Waals surface area contributed by atoms with Crippen LogP contribution in [0, 0.1) is 11.7 Å². The van der Waals surface area contributed by atoms with Crippen LogP contribution in [0.15, 0.2) is 40.8 Å². The van der Waals surface area contributed by atoms with E-state index in [0.717, 1.165) is 5.56 Å². The van der Waals surface area contributed by atoms with E-state index in [1.165, 1.54) is 12.1 Å². The Bertz CT molecular complexity index is 687. The number of nitrogens with one attached hydrogen (secondary N) is 3. The zero-order valence-electron chi connectivity index (χ0n) is 13.3. The van der Waals surface area contributed by atoms with E-state index in [-0.39, 0.29) is 29.4 Å². The summed E-state index contributed by atoms with van der Waals surface area (Å²) in [5, 5.41) is 2.87. The molecule has 2 unspecified atom stereocenters. The highest BCUT2D eigenvalue weighted by molar-refractivity contribution is 5.91. The number of ether oxygens (including phenoxy) is 1. The number of carbonyl (C=O) groups excluding carboxylic acids is 1. The lowest BCUT2D eigenvalue weighted by atomic mass is 9.95. The molecule has 1 aliphatic heterocycles. The van der Waals surface area contributed by atoms with Gasteiger partial charge in [0.05, 0.1) is 12.6 Å². The number of hydrogen-bond donors (Lipinski definition) is 3. The highest BCUT2D eigenvalue weighted by Gasteiger charge is 2.28. The molecule has 24 heavy (non-hydrogen) atoms. The molecule has 1 amide bonds. The van der Waals surface area contributed by atoms with Crippen LogP contribution in [-0.2, 0) is 0 Å². The van der Waals surface area contributed by atoms with Crippen molar-refractivity contribution in [2.45, 2.75) is 13.0 Å². The van der Waals surface area contributed by atoms with Crippen molar-refractivity contribution in [3.63, 3.8) is 0 Å². The van der Waals surface area contributed by atoms with Crippen molar-refractivity contribution in [1.29, 1.82) is 0 Å². The summed E-state index contributed by atoms with van der Waals surface area (Å²) in [6, 6.07) is 9.57. The molecule has 2 heterocycles. The van der Waals surface area contributed by atoms with Gasteiger partial charge in [0.15, 0.2) is 5.76 Å². The van der Waals surface area contributed by atoms with Gasteiger partial charge in [-0.15, -0.1) is 0 Å². The highest BCUT2D eigenvalue weighted by Crippen LogP contribution is 2.24. The number of hydrogen-bond acceptors (Lipinski definition) is 5. The molecule has 0 bridgehead atoms. The van der Waals surface area contributed by atoms with Gasteiger partial charge in [-0.05, 0) is 30.7 Å². The standard InChI is InChI=1S/C17H20FN3O3/c1-2-23-15-8-7-14(24-15)17(22)19-9-12-10-20-21-16(12)11-3-5-13(18)6-4-11/h3-8,12,16,20-21H,2,9-10H2,1H3,(H,19,22). The number of benzene rings is 1. The van der Waals surface area contributed by atoms with Crippen molar-refractivity contribution in [3.05, 3.63) is 53.5 Å². The van der Waals surface area contributed by atoms with Crippen LogP contribution in [-0.4, -0.2) is 25.6 Å². The van der Waals surface area contributed by atoms with Crippen molar-refractivity contribution in [1.82, 2.24) is 16.2 Å². The first kappa shape index (κ1) is 16.5. The van der Waals surface area contributed by atoms with E-state index in [9.17, 15) is 9.18 Å². The number of halogens is 1. The molecule has 1 fully saturated rings. The maximum atomic E-state index is 13.1. The molecule has 2 aromatic rings. The first-order valence-electron chi connectivity index (χ1n) is 7.92. The van der Waals surface area contributed by atoms with E-state index < -0.39 is 0 Å². The summed E-state index contributed by atoms with van der Waals surface area (Å²) >= 11 is 0. The Morgan fingerprint density at radius 1 is 1.33 bits per heavy atom. The molecule has 0 aliphatic carbocycles. The zero-order valence-corrected chi connectivity index (χ0v) is 13.3. The van der Waals surface area contributed by atoms with Gasteiger partial charge in [0.25, 0.3) is 11.9 Å². The maximum Gasteiger partial charge on any atom is 0.287 e. The predicted octanol–water partition coefficient (Wildman–Crippen LogP) is 2.01. The van der Waals surface area contributed by atoms with Crippen LogP contribution in [0.1, 0.15) is 29.1 Å². The minimum absolute atomic E-state index is 0.00138. The fourth-order valence-corrected chi connectivity index (χ4v) is 2.72. The fraction of sp³-hybridized carbons (Fsp3) is 0.353. The number of furan rings is 1. The Balaban J connectivity index is 1.58. The summed E-state index contributed by atoms with van der Waals surface area (Å²) in [5.74, 6) is 0.135. The molecule has 3 N–H and O–H groups in total. The summed E-state index contributed by atoms with van der Waals surface area (Å²) in [6.45, 7) is 3.49. The van der Waals surface area contributed by atoms with E-state index in [4.69, 9.17) is 9.15 Å². The van der Waals surface area contributed by atoms with E-state index >= 15 is 0 Å². The van der Waals surface area contributed by atoms with Gasteiger partial charge in [0, 0.05) is 25.1 Å². The Labute approximate surface area is 139 Å². The molecule has 0 saturated carbocycles. The van der Waals surface area contributed by atoms with Gasteiger partial charge in [-0.3, -0.25) is 10.2 Å².